The molecular formula is C17H21N5O3. The highest BCUT2D eigenvalue weighted by Crippen LogP contribution is 2.35. The number of nitrogens with zero attached hydrogens (tertiary/aromatic N) is 4. The second kappa shape index (κ2) is 7.33. The number of unbranched alkanes of at least 4 members (excludes halogenated alkanes) is 2. The van der Waals surface area contributed by atoms with Crippen LogP contribution in [0.4, 0.5) is 5.95 Å². The maximum atomic E-state index is 12.7. The fourth-order valence-electron chi connectivity index (χ4n) is 2.84. The summed E-state index contributed by atoms with van der Waals surface area (Å²) in [4.78, 5) is 12.7. The third-order valence-corrected chi connectivity index (χ3v) is 4.12. The zero-order chi connectivity index (χ0) is 17.8. The Kier molecular flexibility index (Phi) is 4.97. The van der Waals surface area contributed by atoms with E-state index >= 15 is 0 Å². The van der Waals surface area contributed by atoms with Gasteiger partial charge in [0.05, 0.1) is 12.2 Å². The van der Waals surface area contributed by atoms with Crippen LogP contribution in [0.3, 0.4) is 0 Å². The van der Waals surface area contributed by atoms with Gasteiger partial charge >= 0.3 is 5.97 Å². The fourth-order valence-corrected chi connectivity index (χ4v) is 2.84. The minimum absolute atomic E-state index is 0.152. The number of tetrazole rings is 1. The van der Waals surface area contributed by atoms with Gasteiger partial charge in [-0.2, -0.15) is 4.68 Å². The topological polar surface area (TPSA) is 102 Å². The lowest BCUT2D eigenvalue weighted by molar-refractivity contribution is -0.139. The van der Waals surface area contributed by atoms with E-state index in [9.17, 15) is 9.90 Å². The molecule has 1 aromatic heterocycles. The molecule has 8 heteroatoms. The zero-order valence-electron chi connectivity index (χ0n) is 14.3. The molecule has 0 aliphatic carbocycles. The van der Waals surface area contributed by atoms with Crippen LogP contribution in [0.25, 0.3) is 0 Å². The van der Waals surface area contributed by atoms with Gasteiger partial charge in [0.1, 0.15) is 11.8 Å². The predicted octanol–water partition coefficient (Wildman–Crippen LogP) is 2.40. The lowest BCUT2D eigenvalue weighted by Gasteiger charge is -2.27. The minimum Gasteiger partial charge on any atom is -0.508 e. The Bertz CT molecular complexity index is 782. The summed E-state index contributed by atoms with van der Waals surface area (Å²) in [6, 6.07) is 6.12. The second-order valence-corrected chi connectivity index (χ2v) is 5.95. The molecule has 25 heavy (non-hydrogen) atoms. The maximum absolute atomic E-state index is 12.7. The summed E-state index contributed by atoms with van der Waals surface area (Å²) in [6.07, 6.45) is 2.91. The number of benzene rings is 1. The first-order valence-electron chi connectivity index (χ1n) is 8.33. The molecule has 1 aliphatic heterocycles. The van der Waals surface area contributed by atoms with E-state index in [-0.39, 0.29) is 11.7 Å². The monoisotopic (exact) mass is 343 g/mol. The maximum Gasteiger partial charge on any atom is 0.338 e. The number of aromatic hydroxyl groups is 1. The number of esters is 1. The van der Waals surface area contributed by atoms with Crippen molar-refractivity contribution in [1.29, 1.82) is 0 Å². The average molecular weight is 343 g/mol. The number of rotatable bonds is 6. The van der Waals surface area contributed by atoms with Crippen LogP contribution in [0.2, 0.25) is 0 Å². The van der Waals surface area contributed by atoms with Gasteiger partial charge in [0.15, 0.2) is 0 Å². The summed E-state index contributed by atoms with van der Waals surface area (Å²) in [7, 11) is 0. The van der Waals surface area contributed by atoms with Crippen molar-refractivity contribution in [1.82, 2.24) is 20.2 Å². The lowest BCUT2D eigenvalue weighted by Crippen LogP contribution is -2.29. The summed E-state index contributed by atoms with van der Waals surface area (Å²) < 4.78 is 7.00. The first-order valence-corrected chi connectivity index (χ1v) is 8.33. The Morgan fingerprint density at radius 3 is 2.80 bits per heavy atom. The molecule has 2 heterocycles. The molecule has 1 atom stereocenters. The third kappa shape index (κ3) is 3.47. The van der Waals surface area contributed by atoms with E-state index in [1.807, 2.05) is 0 Å². The van der Waals surface area contributed by atoms with Gasteiger partial charge in [-0.25, -0.2) is 4.79 Å². The molecular weight excluding hydrogens is 322 g/mol. The standard InChI is InChI=1S/C17H21N5O3/c1-3-4-5-10-25-16(24)14-11(2)18-17-19-20-21-22(17)15(14)12-6-8-13(23)9-7-12/h6-9,15,23H,3-5,10H2,1-2H3,(H,18,19,21)/t15-/m0/s1. The van der Waals surface area contributed by atoms with Crippen molar-refractivity contribution in [3.63, 3.8) is 0 Å². The van der Waals surface area contributed by atoms with E-state index in [2.05, 4.69) is 27.8 Å². The lowest BCUT2D eigenvalue weighted by atomic mass is 9.96. The van der Waals surface area contributed by atoms with Crippen LogP contribution in [-0.2, 0) is 9.53 Å². The van der Waals surface area contributed by atoms with Gasteiger partial charge in [-0.15, -0.1) is 0 Å². The van der Waals surface area contributed by atoms with Crippen LogP contribution in [-0.4, -0.2) is 37.9 Å². The molecule has 8 nitrogen and oxygen atoms in total. The molecule has 0 radical (unpaired) electrons. The molecule has 2 aromatic rings. The number of carbonyl (C=O) groups excluding carboxylic acids is 1. The van der Waals surface area contributed by atoms with Crippen LogP contribution < -0.4 is 5.32 Å². The van der Waals surface area contributed by atoms with Crippen molar-refractivity contribution < 1.29 is 14.6 Å². The Labute approximate surface area is 145 Å². The number of fused-ring (bicyclic) bond motifs is 1. The average Bonchev–Trinajstić information content (AvgIpc) is 3.06. The van der Waals surface area contributed by atoms with Crippen molar-refractivity contribution in [3.05, 3.63) is 41.1 Å². The molecule has 0 spiro atoms. The van der Waals surface area contributed by atoms with E-state index in [1.54, 1.807) is 35.9 Å². The molecule has 0 bridgehead atoms. The minimum atomic E-state index is -0.509. The van der Waals surface area contributed by atoms with Crippen molar-refractivity contribution in [2.24, 2.45) is 0 Å². The Morgan fingerprint density at radius 1 is 1.32 bits per heavy atom. The largest absolute Gasteiger partial charge is 0.508 e. The Hall–Kier alpha value is -2.90. The number of anilines is 1. The van der Waals surface area contributed by atoms with E-state index in [0.717, 1.165) is 24.8 Å². The van der Waals surface area contributed by atoms with E-state index in [1.165, 1.54) is 0 Å². The molecule has 0 amide bonds. The number of ether oxygens (including phenoxy) is 1. The number of aromatic nitrogens is 4. The second-order valence-electron chi connectivity index (χ2n) is 5.95. The normalized spacial score (nSPS) is 16.3. The molecule has 3 rings (SSSR count). The zero-order valence-corrected chi connectivity index (χ0v) is 14.3. The van der Waals surface area contributed by atoms with Crippen LogP contribution in [0.15, 0.2) is 35.5 Å². The number of phenols is 1. The summed E-state index contributed by atoms with van der Waals surface area (Å²) in [6.45, 7) is 4.28. The highest BCUT2D eigenvalue weighted by molar-refractivity contribution is 5.92. The summed E-state index contributed by atoms with van der Waals surface area (Å²) in [5, 5.41) is 24.2. The molecule has 0 fully saturated rings. The molecule has 1 aromatic carbocycles. The number of nitrogens with one attached hydrogen (secondary N) is 1. The third-order valence-electron chi connectivity index (χ3n) is 4.12. The molecule has 0 saturated heterocycles. The number of phenolic OH excluding ortho intramolecular Hbond substituents is 1. The molecule has 1 aliphatic rings. The summed E-state index contributed by atoms with van der Waals surface area (Å²) in [5.74, 6) is 0.220. The van der Waals surface area contributed by atoms with Crippen molar-refractivity contribution >= 4 is 11.9 Å². The highest BCUT2D eigenvalue weighted by atomic mass is 16.5. The van der Waals surface area contributed by atoms with Gasteiger partial charge in [-0.1, -0.05) is 37.0 Å². The fraction of sp³-hybridized carbons (Fsp3) is 0.412. The first-order chi connectivity index (χ1) is 12.1. The van der Waals surface area contributed by atoms with Crippen LogP contribution >= 0.6 is 0 Å². The molecule has 2 N–H and O–H groups in total. The van der Waals surface area contributed by atoms with Crippen LogP contribution in [0.5, 0.6) is 5.75 Å². The van der Waals surface area contributed by atoms with Gasteiger partial charge in [-0.3, -0.25) is 0 Å². The van der Waals surface area contributed by atoms with Crippen LogP contribution in [0, 0.1) is 0 Å². The summed E-state index contributed by atoms with van der Waals surface area (Å²) in [5.41, 5.74) is 1.90. The van der Waals surface area contributed by atoms with Gasteiger partial charge in [0.25, 0.3) is 0 Å². The van der Waals surface area contributed by atoms with E-state index in [4.69, 9.17) is 4.74 Å². The number of hydrogen-bond acceptors (Lipinski definition) is 7. The predicted molar refractivity (Wildman–Crippen MR) is 90.9 cm³/mol. The smallest absolute Gasteiger partial charge is 0.338 e. The highest BCUT2D eigenvalue weighted by Gasteiger charge is 2.34. The van der Waals surface area contributed by atoms with E-state index in [0.29, 0.717) is 23.8 Å². The van der Waals surface area contributed by atoms with Gasteiger partial charge in [0.2, 0.25) is 5.95 Å². The van der Waals surface area contributed by atoms with Crippen molar-refractivity contribution in [2.75, 3.05) is 11.9 Å². The van der Waals surface area contributed by atoms with Crippen molar-refractivity contribution in [3.8, 4) is 5.75 Å². The molecule has 0 saturated carbocycles. The molecule has 132 valence electrons. The van der Waals surface area contributed by atoms with Gasteiger partial charge in [-0.05, 0) is 41.5 Å². The first kappa shape index (κ1) is 16.9. The SMILES string of the molecule is CCCCCOC(=O)C1=C(C)Nc2nnnn2[C@H]1c1ccc(O)cc1. The van der Waals surface area contributed by atoms with E-state index < -0.39 is 6.04 Å². The van der Waals surface area contributed by atoms with Crippen LogP contribution in [0.1, 0.15) is 44.7 Å². The Morgan fingerprint density at radius 2 is 2.08 bits per heavy atom. The van der Waals surface area contributed by atoms with Crippen molar-refractivity contribution in [2.45, 2.75) is 39.2 Å². The van der Waals surface area contributed by atoms with Gasteiger partial charge in [0, 0.05) is 5.70 Å². The number of allylic oxidation sites excluding steroid dienone is 1. The number of hydrogen-bond donors (Lipinski definition) is 2. The Balaban J connectivity index is 1.92. The quantitative estimate of drug-likeness (QED) is 0.613. The summed E-state index contributed by atoms with van der Waals surface area (Å²) >= 11 is 0. The molecule has 0 unspecified atom stereocenters. The van der Waals surface area contributed by atoms with Gasteiger partial charge < -0.3 is 15.2 Å². The number of carbonyl (C=O) groups is 1.